The Morgan fingerprint density at radius 1 is 0.833 bits per heavy atom. The van der Waals surface area contributed by atoms with Crippen molar-refractivity contribution in [3.63, 3.8) is 0 Å². The van der Waals surface area contributed by atoms with Crippen LogP contribution in [0.1, 0.15) is 25.1 Å². The molecule has 1 N–H and O–H groups in total. The van der Waals surface area contributed by atoms with Crippen molar-refractivity contribution in [2.75, 3.05) is 14.2 Å². The van der Waals surface area contributed by atoms with Crippen molar-refractivity contribution >= 4 is 0 Å². The van der Waals surface area contributed by atoms with Gasteiger partial charge in [-0.15, -0.1) is 0 Å². The van der Waals surface area contributed by atoms with Crippen molar-refractivity contribution in [3.8, 4) is 33.8 Å². The summed E-state index contributed by atoms with van der Waals surface area (Å²) in [6.07, 6.45) is 1.46. The Hall–Kier alpha value is -3.06. The van der Waals surface area contributed by atoms with Gasteiger partial charge in [0, 0.05) is 41.2 Å². The molecule has 0 aliphatic carbocycles. The van der Waals surface area contributed by atoms with Crippen LogP contribution < -0.4 is 9.47 Å². The molecular formula is C23H22F3NO3. The number of rotatable bonds is 5. The van der Waals surface area contributed by atoms with E-state index in [1.807, 2.05) is 0 Å². The van der Waals surface area contributed by atoms with E-state index in [4.69, 9.17) is 9.47 Å². The average Bonchev–Trinajstić information content (AvgIpc) is 2.66. The summed E-state index contributed by atoms with van der Waals surface area (Å²) in [6, 6.07) is 6.21. The van der Waals surface area contributed by atoms with Gasteiger partial charge in [0.25, 0.3) is 0 Å². The standard InChI is InChI=1S/C23H22F3NO3/c1-12-20(22-18(25)8-14(24)9-19(22)26)21(17(11-27-12)23(2,3)28)13-6-15(29-4)10-16(7-13)30-5/h6-11,28H,1-5H3. The number of methoxy groups -OCH3 is 2. The van der Waals surface area contributed by atoms with Gasteiger partial charge in [0.15, 0.2) is 0 Å². The predicted molar refractivity (Wildman–Crippen MR) is 108 cm³/mol. The van der Waals surface area contributed by atoms with Crippen LogP contribution in [0.4, 0.5) is 13.2 Å². The lowest BCUT2D eigenvalue weighted by Crippen LogP contribution is -2.18. The van der Waals surface area contributed by atoms with Crippen molar-refractivity contribution in [1.82, 2.24) is 4.98 Å². The maximum absolute atomic E-state index is 14.8. The quantitative estimate of drug-likeness (QED) is 0.605. The lowest BCUT2D eigenvalue weighted by atomic mass is 9.84. The van der Waals surface area contributed by atoms with Crippen molar-refractivity contribution < 1.29 is 27.8 Å². The smallest absolute Gasteiger partial charge is 0.136 e. The summed E-state index contributed by atoms with van der Waals surface area (Å²) in [5, 5.41) is 10.8. The molecule has 158 valence electrons. The van der Waals surface area contributed by atoms with Crippen LogP contribution in [0, 0.1) is 24.4 Å². The minimum Gasteiger partial charge on any atom is -0.497 e. The van der Waals surface area contributed by atoms with Gasteiger partial charge in [0.2, 0.25) is 0 Å². The highest BCUT2D eigenvalue weighted by Gasteiger charge is 2.29. The van der Waals surface area contributed by atoms with Gasteiger partial charge < -0.3 is 14.6 Å². The van der Waals surface area contributed by atoms with E-state index >= 15 is 0 Å². The third-order valence-electron chi connectivity index (χ3n) is 4.82. The fraction of sp³-hybridized carbons (Fsp3) is 0.261. The minimum atomic E-state index is -1.39. The highest BCUT2D eigenvalue weighted by atomic mass is 19.1. The first-order valence-electron chi connectivity index (χ1n) is 9.17. The topological polar surface area (TPSA) is 51.6 Å². The molecule has 2 aromatic carbocycles. The van der Waals surface area contributed by atoms with Crippen molar-refractivity contribution in [1.29, 1.82) is 0 Å². The van der Waals surface area contributed by atoms with Gasteiger partial charge in [-0.2, -0.15) is 0 Å². The second kappa shape index (κ2) is 7.99. The molecule has 0 spiro atoms. The molecule has 1 heterocycles. The van der Waals surface area contributed by atoms with Gasteiger partial charge in [-0.3, -0.25) is 4.98 Å². The highest BCUT2D eigenvalue weighted by molar-refractivity contribution is 5.88. The summed E-state index contributed by atoms with van der Waals surface area (Å²) in [4.78, 5) is 4.25. The summed E-state index contributed by atoms with van der Waals surface area (Å²) in [5.41, 5.74) is -0.229. The summed E-state index contributed by atoms with van der Waals surface area (Å²) in [6.45, 7) is 4.68. The van der Waals surface area contributed by atoms with Crippen LogP contribution in [0.15, 0.2) is 36.5 Å². The van der Waals surface area contributed by atoms with E-state index in [1.165, 1.54) is 20.4 Å². The Morgan fingerprint density at radius 2 is 1.37 bits per heavy atom. The zero-order valence-electron chi connectivity index (χ0n) is 17.3. The number of pyridine rings is 1. The molecular weight excluding hydrogens is 395 g/mol. The lowest BCUT2D eigenvalue weighted by Gasteiger charge is -2.25. The van der Waals surface area contributed by atoms with Crippen LogP contribution in [-0.4, -0.2) is 24.3 Å². The molecule has 0 aliphatic rings. The molecule has 3 rings (SSSR count). The number of ether oxygens (including phenoxy) is 2. The average molecular weight is 417 g/mol. The summed E-state index contributed by atoms with van der Waals surface area (Å²) in [5.74, 6) is -2.26. The van der Waals surface area contributed by atoms with Crippen molar-refractivity contribution in [3.05, 3.63) is 65.2 Å². The van der Waals surface area contributed by atoms with Crippen LogP contribution in [0.25, 0.3) is 22.3 Å². The van der Waals surface area contributed by atoms with Gasteiger partial charge in [-0.1, -0.05) is 0 Å². The van der Waals surface area contributed by atoms with Crippen LogP contribution in [0.3, 0.4) is 0 Å². The van der Waals surface area contributed by atoms with Gasteiger partial charge in [0.1, 0.15) is 29.0 Å². The first-order chi connectivity index (χ1) is 14.1. The summed E-state index contributed by atoms with van der Waals surface area (Å²) < 4.78 is 53.7. The fourth-order valence-electron chi connectivity index (χ4n) is 3.41. The molecule has 0 amide bonds. The van der Waals surface area contributed by atoms with Crippen LogP contribution in [-0.2, 0) is 5.60 Å². The lowest BCUT2D eigenvalue weighted by molar-refractivity contribution is 0.0788. The molecule has 0 radical (unpaired) electrons. The number of benzene rings is 2. The van der Waals surface area contributed by atoms with Crippen LogP contribution in [0.5, 0.6) is 11.5 Å². The van der Waals surface area contributed by atoms with Gasteiger partial charge >= 0.3 is 0 Å². The van der Waals surface area contributed by atoms with E-state index in [-0.39, 0.29) is 5.56 Å². The number of aliphatic hydroxyl groups is 1. The zero-order valence-corrected chi connectivity index (χ0v) is 17.3. The van der Waals surface area contributed by atoms with E-state index < -0.39 is 28.6 Å². The summed E-state index contributed by atoms with van der Waals surface area (Å²) in [7, 11) is 2.96. The van der Waals surface area contributed by atoms with E-state index in [9.17, 15) is 18.3 Å². The molecule has 4 nitrogen and oxygen atoms in total. The number of aromatic nitrogens is 1. The number of hydrogen-bond donors (Lipinski definition) is 1. The van der Waals surface area contributed by atoms with E-state index in [1.54, 1.807) is 39.0 Å². The van der Waals surface area contributed by atoms with Gasteiger partial charge in [-0.05, 0) is 44.0 Å². The maximum Gasteiger partial charge on any atom is 0.136 e. The second-order valence-corrected chi connectivity index (χ2v) is 7.41. The number of nitrogens with zero attached hydrogens (tertiary/aromatic N) is 1. The molecule has 3 aromatic rings. The molecule has 7 heteroatoms. The number of aryl methyl sites for hydroxylation is 1. The predicted octanol–water partition coefficient (Wildman–Crippen LogP) is 5.39. The van der Waals surface area contributed by atoms with Crippen LogP contribution >= 0.6 is 0 Å². The Morgan fingerprint density at radius 3 is 1.83 bits per heavy atom. The van der Waals surface area contributed by atoms with E-state index in [0.29, 0.717) is 46.0 Å². The SMILES string of the molecule is COc1cc(OC)cc(-c2c(C(C)(C)O)cnc(C)c2-c2c(F)cc(F)cc2F)c1. The Kier molecular flexibility index (Phi) is 5.76. The second-order valence-electron chi connectivity index (χ2n) is 7.41. The minimum absolute atomic E-state index is 0.111. The van der Waals surface area contributed by atoms with Gasteiger partial charge in [0.05, 0.1) is 25.4 Å². The highest BCUT2D eigenvalue weighted by Crippen LogP contribution is 2.44. The number of halogens is 3. The van der Waals surface area contributed by atoms with Crippen LogP contribution in [0.2, 0.25) is 0 Å². The van der Waals surface area contributed by atoms with Crippen molar-refractivity contribution in [2.45, 2.75) is 26.4 Å². The first-order valence-corrected chi connectivity index (χ1v) is 9.17. The monoisotopic (exact) mass is 417 g/mol. The van der Waals surface area contributed by atoms with Gasteiger partial charge in [-0.25, -0.2) is 13.2 Å². The molecule has 0 unspecified atom stereocenters. The third-order valence-corrected chi connectivity index (χ3v) is 4.82. The molecule has 0 bridgehead atoms. The number of hydrogen-bond acceptors (Lipinski definition) is 4. The molecule has 0 atom stereocenters. The maximum atomic E-state index is 14.8. The molecule has 0 aliphatic heterocycles. The molecule has 0 saturated heterocycles. The molecule has 0 fully saturated rings. The van der Waals surface area contributed by atoms with E-state index in [2.05, 4.69) is 4.98 Å². The first kappa shape index (κ1) is 21.6. The fourth-order valence-corrected chi connectivity index (χ4v) is 3.41. The van der Waals surface area contributed by atoms with Crippen molar-refractivity contribution in [2.24, 2.45) is 0 Å². The summed E-state index contributed by atoms with van der Waals surface area (Å²) >= 11 is 0. The normalized spacial score (nSPS) is 11.5. The molecule has 1 aromatic heterocycles. The molecule has 0 saturated carbocycles. The largest absolute Gasteiger partial charge is 0.497 e. The Balaban J connectivity index is 2.50. The molecule has 30 heavy (non-hydrogen) atoms. The Labute approximate surface area is 172 Å². The van der Waals surface area contributed by atoms with E-state index in [0.717, 1.165) is 0 Å². The Bertz CT molecular complexity index is 1060. The zero-order chi connectivity index (χ0) is 22.2. The third kappa shape index (κ3) is 3.98.